The van der Waals surface area contributed by atoms with Gasteiger partial charge in [-0.1, -0.05) is 24.6 Å². The Morgan fingerprint density at radius 2 is 2.28 bits per heavy atom. The molecule has 0 aromatic heterocycles. The Morgan fingerprint density at radius 3 is 2.89 bits per heavy atom. The first-order chi connectivity index (χ1) is 8.61. The monoisotopic (exact) mass is 269 g/mol. The lowest BCUT2D eigenvalue weighted by Crippen LogP contribution is -2.41. The minimum Gasteiger partial charge on any atom is -0.495 e. The zero-order valence-corrected chi connectivity index (χ0v) is 11.6. The molecule has 2 N–H and O–H groups in total. The number of hydrogen-bond donors (Lipinski definition) is 2. The van der Waals surface area contributed by atoms with Gasteiger partial charge in [-0.25, -0.2) is 0 Å². The highest BCUT2D eigenvalue weighted by Gasteiger charge is 2.26. The Hall–Kier alpha value is -0.770. The van der Waals surface area contributed by atoms with E-state index in [0.717, 1.165) is 18.5 Å². The Labute approximate surface area is 113 Å². The Balaban J connectivity index is 2.12. The van der Waals surface area contributed by atoms with Crippen LogP contribution in [0.25, 0.3) is 0 Å². The molecule has 0 bridgehead atoms. The molecule has 3 nitrogen and oxygen atoms in total. The molecule has 1 aromatic rings. The van der Waals surface area contributed by atoms with Gasteiger partial charge in [-0.15, -0.1) is 0 Å². The van der Waals surface area contributed by atoms with Crippen LogP contribution in [0.15, 0.2) is 18.2 Å². The minimum atomic E-state index is -0.517. The second-order valence-electron chi connectivity index (χ2n) is 5.03. The molecule has 18 heavy (non-hydrogen) atoms. The molecule has 1 aromatic carbocycles. The molecule has 1 saturated heterocycles. The largest absolute Gasteiger partial charge is 0.495 e. The van der Waals surface area contributed by atoms with E-state index in [9.17, 15) is 5.11 Å². The summed E-state index contributed by atoms with van der Waals surface area (Å²) in [6, 6.07) is 5.56. The van der Waals surface area contributed by atoms with E-state index in [-0.39, 0.29) is 6.04 Å². The quantitative estimate of drug-likeness (QED) is 0.887. The van der Waals surface area contributed by atoms with Gasteiger partial charge < -0.3 is 15.2 Å². The fraction of sp³-hybridized carbons (Fsp3) is 0.571. The van der Waals surface area contributed by atoms with Crippen LogP contribution in [0.2, 0.25) is 5.02 Å². The SMILES string of the molecule is COc1ccc(C(O)C2CC(C)CCN2)cc1Cl. The van der Waals surface area contributed by atoms with Crippen molar-refractivity contribution < 1.29 is 9.84 Å². The van der Waals surface area contributed by atoms with Crippen molar-refractivity contribution in [2.75, 3.05) is 13.7 Å². The summed E-state index contributed by atoms with van der Waals surface area (Å²) >= 11 is 6.08. The predicted octanol–water partition coefficient (Wildman–Crippen LogP) is 2.77. The second kappa shape index (κ2) is 5.91. The Kier molecular flexibility index (Phi) is 4.49. The summed E-state index contributed by atoms with van der Waals surface area (Å²) in [7, 11) is 1.59. The molecule has 3 unspecified atom stereocenters. The summed E-state index contributed by atoms with van der Waals surface area (Å²) in [5.41, 5.74) is 0.840. The molecule has 100 valence electrons. The first-order valence-corrected chi connectivity index (χ1v) is 6.74. The molecule has 0 aliphatic carbocycles. The van der Waals surface area contributed by atoms with E-state index in [0.29, 0.717) is 16.7 Å². The Bertz CT molecular complexity index is 411. The normalized spacial score (nSPS) is 25.8. The average molecular weight is 270 g/mol. The first kappa shape index (κ1) is 13.7. The number of halogens is 1. The first-order valence-electron chi connectivity index (χ1n) is 6.36. The molecule has 4 heteroatoms. The predicted molar refractivity (Wildman–Crippen MR) is 73.2 cm³/mol. The summed E-state index contributed by atoms with van der Waals surface area (Å²) < 4.78 is 5.11. The minimum absolute atomic E-state index is 0.109. The van der Waals surface area contributed by atoms with E-state index in [1.807, 2.05) is 6.07 Å². The van der Waals surface area contributed by atoms with Gasteiger partial charge in [-0.05, 0) is 43.0 Å². The van der Waals surface area contributed by atoms with Crippen molar-refractivity contribution in [3.8, 4) is 5.75 Å². The van der Waals surface area contributed by atoms with Gasteiger partial charge in [0, 0.05) is 6.04 Å². The van der Waals surface area contributed by atoms with E-state index in [4.69, 9.17) is 16.3 Å². The van der Waals surface area contributed by atoms with Crippen LogP contribution >= 0.6 is 11.6 Å². The van der Waals surface area contributed by atoms with Crippen LogP contribution in [0.3, 0.4) is 0 Å². The molecule has 1 heterocycles. The van der Waals surface area contributed by atoms with Crippen LogP contribution in [0, 0.1) is 5.92 Å². The maximum atomic E-state index is 10.4. The van der Waals surface area contributed by atoms with Crippen molar-refractivity contribution >= 4 is 11.6 Å². The topological polar surface area (TPSA) is 41.5 Å². The second-order valence-corrected chi connectivity index (χ2v) is 5.44. The van der Waals surface area contributed by atoms with Gasteiger partial charge in [0.25, 0.3) is 0 Å². The van der Waals surface area contributed by atoms with Gasteiger partial charge in [0.05, 0.1) is 18.2 Å². The van der Waals surface area contributed by atoms with Crippen LogP contribution in [-0.2, 0) is 0 Å². The van der Waals surface area contributed by atoms with Crippen molar-refractivity contribution in [1.29, 1.82) is 0 Å². The standard InChI is InChI=1S/C14H20ClNO2/c1-9-5-6-16-12(7-9)14(17)10-3-4-13(18-2)11(15)8-10/h3-4,8-9,12,14,16-17H,5-7H2,1-2H3. The number of piperidine rings is 1. The van der Waals surface area contributed by atoms with Crippen molar-refractivity contribution in [3.63, 3.8) is 0 Å². The lowest BCUT2D eigenvalue weighted by Gasteiger charge is -2.32. The molecule has 1 aliphatic heterocycles. The molecular formula is C14H20ClNO2. The van der Waals surface area contributed by atoms with Gasteiger partial charge in [-0.3, -0.25) is 0 Å². The van der Waals surface area contributed by atoms with E-state index in [2.05, 4.69) is 12.2 Å². The van der Waals surface area contributed by atoms with Gasteiger partial charge >= 0.3 is 0 Å². The van der Waals surface area contributed by atoms with Crippen LogP contribution in [0.1, 0.15) is 31.4 Å². The number of aliphatic hydroxyl groups excluding tert-OH is 1. The van der Waals surface area contributed by atoms with Gasteiger partial charge in [0.2, 0.25) is 0 Å². The van der Waals surface area contributed by atoms with Gasteiger partial charge in [0.1, 0.15) is 5.75 Å². The fourth-order valence-electron chi connectivity index (χ4n) is 2.49. The van der Waals surface area contributed by atoms with Crippen molar-refractivity contribution in [3.05, 3.63) is 28.8 Å². The summed E-state index contributed by atoms with van der Waals surface area (Å²) in [6.07, 6.45) is 1.65. The van der Waals surface area contributed by atoms with E-state index in [1.54, 1.807) is 19.2 Å². The number of nitrogens with one attached hydrogen (secondary N) is 1. The molecule has 3 atom stereocenters. The van der Waals surface area contributed by atoms with Gasteiger partial charge in [0.15, 0.2) is 0 Å². The fourth-order valence-corrected chi connectivity index (χ4v) is 2.76. The van der Waals surface area contributed by atoms with E-state index in [1.165, 1.54) is 6.42 Å². The highest BCUT2D eigenvalue weighted by molar-refractivity contribution is 6.32. The molecule has 0 amide bonds. The molecule has 0 spiro atoms. The number of aliphatic hydroxyl groups is 1. The highest BCUT2D eigenvalue weighted by atomic mass is 35.5. The van der Waals surface area contributed by atoms with Crippen LogP contribution in [0.4, 0.5) is 0 Å². The van der Waals surface area contributed by atoms with E-state index < -0.39 is 6.10 Å². The smallest absolute Gasteiger partial charge is 0.137 e. The summed E-state index contributed by atoms with van der Waals surface area (Å²) in [4.78, 5) is 0. The lowest BCUT2D eigenvalue weighted by molar-refractivity contribution is 0.101. The van der Waals surface area contributed by atoms with Crippen molar-refractivity contribution in [2.24, 2.45) is 5.92 Å². The molecule has 1 fully saturated rings. The third-order valence-corrected chi connectivity index (χ3v) is 3.89. The third kappa shape index (κ3) is 2.97. The van der Waals surface area contributed by atoms with Crippen LogP contribution in [0.5, 0.6) is 5.75 Å². The van der Waals surface area contributed by atoms with Crippen molar-refractivity contribution in [1.82, 2.24) is 5.32 Å². The molecular weight excluding hydrogens is 250 g/mol. The average Bonchev–Trinajstić information content (AvgIpc) is 2.37. The number of ether oxygens (including phenoxy) is 1. The summed E-state index contributed by atoms with van der Waals surface area (Å²) in [6.45, 7) is 3.19. The molecule has 2 rings (SSSR count). The zero-order chi connectivity index (χ0) is 13.1. The number of benzene rings is 1. The molecule has 0 saturated carbocycles. The summed E-state index contributed by atoms with van der Waals surface area (Å²) in [5.74, 6) is 1.29. The van der Waals surface area contributed by atoms with Gasteiger partial charge in [-0.2, -0.15) is 0 Å². The number of hydrogen-bond acceptors (Lipinski definition) is 3. The van der Waals surface area contributed by atoms with E-state index >= 15 is 0 Å². The molecule has 0 radical (unpaired) electrons. The number of rotatable bonds is 3. The maximum Gasteiger partial charge on any atom is 0.137 e. The van der Waals surface area contributed by atoms with Crippen molar-refractivity contribution in [2.45, 2.75) is 31.9 Å². The lowest BCUT2D eigenvalue weighted by atomic mass is 9.89. The molecule has 1 aliphatic rings. The number of methoxy groups -OCH3 is 1. The zero-order valence-electron chi connectivity index (χ0n) is 10.8. The highest BCUT2D eigenvalue weighted by Crippen LogP contribution is 2.31. The Morgan fingerprint density at radius 1 is 1.50 bits per heavy atom. The maximum absolute atomic E-state index is 10.4. The third-order valence-electron chi connectivity index (χ3n) is 3.60. The van der Waals surface area contributed by atoms with Crippen LogP contribution < -0.4 is 10.1 Å². The summed E-state index contributed by atoms with van der Waals surface area (Å²) in [5, 5.41) is 14.3. The van der Waals surface area contributed by atoms with Crippen LogP contribution in [-0.4, -0.2) is 24.8 Å².